The lowest BCUT2D eigenvalue weighted by Crippen LogP contribution is -2.48. The smallest absolute Gasteiger partial charge is 0.242 e. The standard InChI is InChI=1S/C26H29FN4O3S2/c1-26(2,3)24-22-23(17-8-13-35-15-17)36-16-21(33)30(14-20(32)29-9-11-34-12-10-29)25(22)31(28-24)19-6-4-18(27)5-7-19/h4-8,13,15,23H,9-12,14,16H2,1-3H3/t23-/m0/s1. The van der Waals surface area contributed by atoms with Gasteiger partial charge in [0.2, 0.25) is 11.8 Å². The van der Waals surface area contributed by atoms with Crippen LogP contribution in [0, 0.1) is 5.82 Å². The van der Waals surface area contributed by atoms with Gasteiger partial charge in [-0.15, -0.1) is 11.8 Å². The van der Waals surface area contributed by atoms with E-state index in [4.69, 9.17) is 9.84 Å². The maximum absolute atomic E-state index is 13.8. The van der Waals surface area contributed by atoms with Crippen LogP contribution in [0.2, 0.25) is 0 Å². The van der Waals surface area contributed by atoms with Gasteiger partial charge in [0.25, 0.3) is 0 Å². The number of amides is 2. The van der Waals surface area contributed by atoms with Gasteiger partial charge < -0.3 is 9.64 Å². The predicted octanol–water partition coefficient (Wildman–Crippen LogP) is 4.40. The zero-order valence-corrected chi connectivity index (χ0v) is 22.2. The van der Waals surface area contributed by atoms with E-state index in [-0.39, 0.29) is 40.6 Å². The average molecular weight is 529 g/mol. The van der Waals surface area contributed by atoms with Crippen molar-refractivity contribution in [3.8, 4) is 5.69 Å². The van der Waals surface area contributed by atoms with E-state index in [1.807, 2.05) is 5.38 Å². The van der Waals surface area contributed by atoms with Crippen molar-refractivity contribution in [2.24, 2.45) is 0 Å². The Bertz CT molecular complexity index is 1250. The lowest BCUT2D eigenvalue weighted by Gasteiger charge is -2.30. The molecule has 2 aromatic heterocycles. The van der Waals surface area contributed by atoms with Gasteiger partial charge in [0, 0.05) is 24.1 Å². The van der Waals surface area contributed by atoms with Gasteiger partial charge >= 0.3 is 0 Å². The zero-order chi connectivity index (χ0) is 25.4. The molecule has 0 bridgehead atoms. The summed E-state index contributed by atoms with van der Waals surface area (Å²) in [5, 5.41) is 9.02. The summed E-state index contributed by atoms with van der Waals surface area (Å²) in [5.74, 6) is 0.193. The molecule has 3 aromatic rings. The fourth-order valence-electron chi connectivity index (χ4n) is 4.57. The molecule has 0 spiro atoms. The van der Waals surface area contributed by atoms with Crippen LogP contribution in [0.25, 0.3) is 5.69 Å². The number of thiophene rings is 1. The van der Waals surface area contributed by atoms with Crippen LogP contribution in [0.1, 0.15) is 42.8 Å². The maximum Gasteiger partial charge on any atom is 0.242 e. The van der Waals surface area contributed by atoms with Crippen molar-refractivity contribution in [2.75, 3.05) is 43.5 Å². The Morgan fingerprint density at radius 1 is 1.17 bits per heavy atom. The highest BCUT2D eigenvalue weighted by molar-refractivity contribution is 8.00. The number of carbonyl (C=O) groups excluding carboxylic acids is 2. The summed E-state index contributed by atoms with van der Waals surface area (Å²) in [6.45, 7) is 8.18. The van der Waals surface area contributed by atoms with Crippen molar-refractivity contribution in [1.29, 1.82) is 0 Å². The Hall–Kier alpha value is -2.69. The Labute approximate surface area is 218 Å². The van der Waals surface area contributed by atoms with Crippen LogP contribution in [0.3, 0.4) is 0 Å². The Kier molecular flexibility index (Phi) is 6.93. The highest BCUT2D eigenvalue weighted by Crippen LogP contribution is 2.48. The maximum atomic E-state index is 13.8. The van der Waals surface area contributed by atoms with E-state index < -0.39 is 0 Å². The van der Waals surface area contributed by atoms with Crippen LogP contribution in [0.15, 0.2) is 41.1 Å². The molecule has 1 saturated heterocycles. The number of aromatic nitrogens is 2. The predicted molar refractivity (Wildman–Crippen MR) is 141 cm³/mol. The minimum absolute atomic E-state index is 0.0841. The second-order valence-corrected chi connectivity index (χ2v) is 11.8. The van der Waals surface area contributed by atoms with E-state index in [1.165, 1.54) is 12.1 Å². The number of ether oxygens (including phenoxy) is 1. The summed E-state index contributed by atoms with van der Waals surface area (Å²) in [7, 11) is 0. The first-order valence-electron chi connectivity index (χ1n) is 11.9. The first-order valence-corrected chi connectivity index (χ1v) is 13.9. The molecule has 5 rings (SSSR count). The number of carbonyl (C=O) groups is 2. The van der Waals surface area contributed by atoms with Crippen LogP contribution in [-0.4, -0.2) is 65.1 Å². The van der Waals surface area contributed by atoms with Gasteiger partial charge in [-0.3, -0.25) is 14.5 Å². The molecule has 2 aliphatic rings. The molecule has 36 heavy (non-hydrogen) atoms. The van der Waals surface area contributed by atoms with Crippen LogP contribution >= 0.6 is 23.1 Å². The molecule has 2 aliphatic heterocycles. The zero-order valence-electron chi connectivity index (χ0n) is 20.6. The summed E-state index contributed by atoms with van der Waals surface area (Å²) >= 11 is 3.17. The monoisotopic (exact) mass is 528 g/mol. The first kappa shape index (κ1) is 25.0. The number of benzene rings is 1. The Balaban J connectivity index is 1.70. The number of morpholine rings is 1. The van der Waals surface area contributed by atoms with Crippen LogP contribution in [0.5, 0.6) is 0 Å². The van der Waals surface area contributed by atoms with Crippen LogP contribution < -0.4 is 4.90 Å². The number of hydrogen-bond donors (Lipinski definition) is 0. The van der Waals surface area contributed by atoms with E-state index in [0.29, 0.717) is 37.8 Å². The molecule has 0 saturated carbocycles. The van der Waals surface area contributed by atoms with E-state index in [9.17, 15) is 14.0 Å². The normalized spacial score (nSPS) is 18.8. The van der Waals surface area contributed by atoms with Crippen molar-refractivity contribution >= 4 is 40.7 Å². The molecule has 190 valence electrons. The largest absolute Gasteiger partial charge is 0.378 e. The number of nitrogens with zero attached hydrogens (tertiary/aromatic N) is 4. The third-order valence-corrected chi connectivity index (χ3v) is 8.33. The minimum atomic E-state index is -0.352. The number of halogens is 1. The SMILES string of the molecule is CC(C)(C)c1nn(-c2ccc(F)cc2)c2c1[C@H](c1ccsc1)SCC(=O)N2CC(=O)N1CCOCC1. The molecule has 2 amide bonds. The molecule has 1 fully saturated rings. The van der Waals surface area contributed by atoms with E-state index >= 15 is 0 Å². The molecule has 7 nitrogen and oxygen atoms in total. The number of anilines is 1. The lowest BCUT2D eigenvalue weighted by molar-refractivity contribution is -0.134. The number of thioether (sulfide) groups is 1. The van der Waals surface area contributed by atoms with E-state index in [2.05, 4.69) is 32.2 Å². The van der Waals surface area contributed by atoms with Gasteiger partial charge in [0.05, 0.1) is 35.6 Å². The number of rotatable bonds is 4. The van der Waals surface area contributed by atoms with Crippen molar-refractivity contribution in [2.45, 2.75) is 31.4 Å². The van der Waals surface area contributed by atoms with Gasteiger partial charge in [-0.25, -0.2) is 9.07 Å². The molecule has 0 radical (unpaired) electrons. The van der Waals surface area contributed by atoms with Gasteiger partial charge in [0.15, 0.2) is 0 Å². The highest BCUT2D eigenvalue weighted by Gasteiger charge is 2.40. The number of fused-ring (bicyclic) bond motifs is 1. The molecule has 0 N–H and O–H groups in total. The number of hydrogen-bond acceptors (Lipinski definition) is 6. The first-order chi connectivity index (χ1) is 17.2. The second-order valence-electron chi connectivity index (χ2n) is 9.94. The van der Waals surface area contributed by atoms with Crippen molar-refractivity contribution < 1.29 is 18.7 Å². The molecular weight excluding hydrogens is 499 g/mol. The summed E-state index contributed by atoms with van der Waals surface area (Å²) in [6, 6.07) is 8.14. The topological polar surface area (TPSA) is 67.7 Å². The summed E-state index contributed by atoms with van der Waals surface area (Å²) in [5.41, 5.74) is 3.18. The average Bonchev–Trinajstić information content (AvgIpc) is 3.50. The Morgan fingerprint density at radius 2 is 1.89 bits per heavy atom. The second kappa shape index (κ2) is 9.99. The van der Waals surface area contributed by atoms with E-state index in [0.717, 1.165) is 16.8 Å². The van der Waals surface area contributed by atoms with Crippen LogP contribution in [-0.2, 0) is 19.7 Å². The summed E-state index contributed by atoms with van der Waals surface area (Å²) in [4.78, 5) is 30.3. The summed E-state index contributed by atoms with van der Waals surface area (Å²) < 4.78 is 20.9. The van der Waals surface area contributed by atoms with Crippen LogP contribution in [0.4, 0.5) is 10.2 Å². The molecule has 4 heterocycles. The molecule has 1 aromatic carbocycles. The van der Waals surface area contributed by atoms with Gasteiger partial charge in [-0.1, -0.05) is 20.8 Å². The molecular formula is C26H29FN4O3S2. The van der Waals surface area contributed by atoms with E-state index in [1.54, 1.807) is 49.7 Å². The lowest BCUT2D eigenvalue weighted by atomic mass is 9.87. The van der Waals surface area contributed by atoms with Crippen molar-refractivity contribution in [1.82, 2.24) is 14.7 Å². The molecule has 1 atom stereocenters. The fourth-order valence-corrected chi connectivity index (χ4v) is 6.53. The van der Waals surface area contributed by atoms with Crippen molar-refractivity contribution in [3.05, 3.63) is 63.7 Å². The van der Waals surface area contributed by atoms with Gasteiger partial charge in [-0.2, -0.15) is 16.4 Å². The highest BCUT2D eigenvalue weighted by atomic mass is 32.2. The third-order valence-electron chi connectivity index (χ3n) is 6.37. The van der Waals surface area contributed by atoms with Crippen molar-refractivity contribution in [3.63, 3.8) is 0 Å². The van der Waals surface area contributed by atoms with Gasteiger partial charge in [0.1, 0.15) is 18.2 Å². The molecule has 10 heteroatoms. The minimum Gasteiger partial charge on any atom is -0.378 e. The Morgan fingerprint density at radius 3 is 2.53 bits per heavy atom. The third kappa shape index (κ3) is 4.81. The molecule has 0 unspecified atom stereocenters. The fraction of sp³-hybridized carbons (Fsp3) is 0.423. The molecule has 0 aliphatic carbocycles. The summed E-state index contributed by atoms with van der Waals surface area (Å²) in [6.07, 6.45) is 0. The quantitative estimate of drug-likeness (QED) is 0.502. The van der Waals surface area contributed by atoms with Gasteiger partial charge in [-0.05, 0) is 46.7 Å².